The number of anilines is 1. The highest BCUT2D eigenvalue weighted by Crippen LogP contribution is 2.30. The number of amides is 1. The Labute approximate surface area is 230 Å². The van der Waals surface area contributed by atoms with Crippen molar-refractivity contribution in [1.29, 1.82) is 0 Å². The maximum atomic E-state index is 13.5. The standard InChI is InChI=1S/C30H36N4O4S/c1-7-8-13-38-30(35)33-23-14-21(5)26(22(6)15-23)16-24-17-31-29-28(32-24)27(19(2)3)18-34(29)39(36,37)25-11-9-20(4)10-12-25/h9-12,14-15,17-19H,7-8,13,16H2,1-6H3,(H,33,35). The van der Waals surface area contributed by atoms with Crippen LogP contribution < -0.4 is 5.32 Å². The topological polar surface area (TPSA) is 103 Å². The molecule has 4 rings (SSSR count). The normalized spacial score (nSPS) is 11.8. The molecule has 1 N–H and O–H groups in total. The number of nitrogens with zero attached hydrogens (tertiary/aromatic N) is 3. The number of benzene rings is 2. The lowest BCUT2D eigenvalue weighted by Crippen LogP contribution is -2.15. The maximum absolute atomic E-state index is 13.5. The smallest absolute Gasteiger partial charge is 0.411 e. The van der Waals surface area contributed by atoms with Crippen molar-refractivity contribution in [1.82, 2.24) is 13.9 Å². The van der Waals surface area contributed by atoms with Gasteiger partial charge in [0.1, 0.15) is 5.52 Å². The molecule has 0 saturated carbocycles. The lowest BCUT2D eigenvalue weighted by atomic mass is 9.97. The van der Waals surface area contributed by atoms with Gasteiger partial charge in [0.15, 0.2) is 5.65 Å². The van der Waals surface area contributed by atoms with E-state index in [0.717, 1.165) is 46.4 Å². The summed E-state index contributed by atoms with van der Waals surface area (Å²) in [4.78, 5) is 21.8. The van der Waals surface area contributed by atoms with Gasteiger partial charge in [-0.15, -0.1) is 0 Å². The van der Waals surface area contributed by atoms with Crippen LogP contribution in [-0.2, 0) is 21.2 Å². The van der Waals surface area contributed by atoms with Crippen molar-refractivity contribution in [2.75, 3.05) is 11.9 Å². The van der Waals surface area contributed by atoms with Crippen LogP contribution in [0.15, 0.2) is 53.7 Å². The Bertz CT molecular complexity index is 1580. The van der Waals surface area contributed by atoms with Gasteiger partial charge in [0.2, 0.25) is 0 Å². The largest absolute Gasteiger partial charge is 0.449 e. The lowest BCUT2D eigenvalue weighted by molar-refractivity contribution is 0.160. The Kier molecular flexibility index (Phi) is 8.39. The molecule has 39 heavy (non-hydrogen) atoms. The Morgan fingerprint density at radius 1 is 1.08 bits per heavy atom. The number of aromatic nitrogens is 3. The van der Waals surface area contributed by atoms with E-state index in [9.17, 15) is 13.2 Å². The molecule has 9 heteroatoms. The van der Waals surface area contributed by atoms with Crippen LogP contribution in [0.25, 0.3) is 11.2 Å². The number of hydrogen-bond donors (Lipinski definition) is 1. The van der Waals surface area contributed by atoms with E-state index in [2.05, 4.69) is 10.3 Å². The molecule has 8 nitrogen and oxygen atoms in total. The zero-order valence-corrected chi connectivity index (χ0v) is 24.2. The zero-order valence-electron chi connectivity index (χ0n) is 23.4. The molecule has 0 spiro atoms. The van der Waals surface area contributed by atoms with Crippen molar-refractivity contribution in [2.24, 2.45) is 0 Å². The van der Waals surface area contributed by atoms with Gasteiger partial charge < -0.3 is 4.74 Å². The molecule has 0 saturated heterocycles. The highest BCUT2D eigenvalue weighted by molar-refractivity contribution is 7.90. The summed E-state index contributed by atoms with van der Waals surface area (Å²) >= 11 is 0. The van der Waals surface area contributed by atoms with Crippen LogP contribution in [0.4, 0.5) is 10.5 Å². The number of carbonyl (C=O) groups excluding carboxylic acids is 1. The Morgan fingerprint density at radius 3 is 2.36 bits per heavy atom. The molecule has 2 aromatic carbocycles. The predicted molar refractivity (Wildman–Crippen MR) is 154 cm³/mol. The minimum atomic E-state index is -3.83. The number of aryl methyl sites for hydroxylation is 3. The number of unbranched alkanes of at least 4 members (excludes halogenated alkanes) is 1. The van der Waals surface area contributed by atoms with E-state index in [0.29, 0.717) is 29.9 Å². The number of ether oxygens (including phenoxy) is 1. The second-order valence-electron chi connectivity index (χ2n) is 10.3. The van der Waals surface area contributed by atoms with Gasteiger partial charge >= 0.3 is 6.09 Å². The molecule has 1 amide bonds. The monoisotopic (exact) mass is 548 g/mol. The molecule has 2 aromatic heterocycles. The zero-order chi connectivity index (χ0) is 28.3. The van der Waals surface area contributed by atoms with Crippen molar-refractivity contribution < 1.29 is 17.9 Å². The van der Waals surface area contributed by atoms with Crippen LogP contribution in [0.5, 0.6) is 0 Å². The van der Waals surface area contributed by atoms with Crippen molar-refractivity contribution >= 4 is 33.0 Å². The van der Waals surface area contributed by atoms with Crippen molar-refractivity contribution in [3.05, 3.63) is 82.3 Å². The Balaban J connectivity index is 1.65. The molecule has 0 unspecified atom stereocenters. The predicted octanol–water partition coefficient (Wildman–Crippen LogP) is 6.66. The first-order valence-electron chi connectivity index (χ1n) is 13.2. The molecule has 0 aliphatic heterocycles. The number of fused-ring (bicyclic) bond motifs is 1. The fraction of sp³-hybridized carbons (Fsp3) is 0.367. The van der Waals surface area contributed by atoms with Gasteiger partial charge in [-0.25, -0.2) is 27.2 Å². The maximum Gasteiger partial charge on any atom is 0.411 e. The minimum Gasteiger partial charge on any atom is -0.449 e. The molecule has 0 aliphatic carbocycles. The SMILES string of the molecule is CCCCOC(=O)Nc1cc(C)c(Cc2cnc3c(n2)c(C(C)C)cn3S(=O)(=O)c2ccc(C)cc2)c(C)c1. The fourth-order valence-corrected chi connectivity index (χ4v) is 5.85. The second kappa shape index (κ2) is 11.6. The third-order valence-corrected chi connectivity index (χ3v) is 8.44. The molecule has 0 fully saturated rings. The lowest BCUT2D eigenvalue weighted by Gasteiger charge is -2.14. The van der Waals surface area contributed by atoms with Gasteiger partial charge in [-0.1, -0.05) is 44.9 Å². The summed E-state index contributed by atoms with van der Waals surface area (Å²) in [5, 5.41) is 2.80. The molecule has 0 bridgehead atoms. The van der Waals surface area contributed by atoms with Crippen LogP contribution in [-0.4, -0.2) is 35.1 Å². The van der Waals surface area contributed by atoms with E-state index in [4.69, 9.17) is 9.72 Å². The summed E-state index contributed by atoms with van der Waals surface area (Å²) in [6.07, 6.45) is 5.14. The van der Waals surface area contributed by atoms with E-state index in [-0.39, 0.29) is 10.8 Å². The Morgan fingerprint density at radius 2 is 1.74 bits per heavy atom. The third kappa shape index (κ3) is 6.14. The molecular formula is C30H36N4O4S. The van der Waals surface area contributed by atoms with E-state index >= 15 is 0 Å². The summed E-state index contributed by atoms with van der Waals surface area (Å²) in [5.41, 5.74) is 7.21. The van der Waals surface area contributed by atoms with Crippen LogP contribution in [0.2, 0.25) is 0 Å². The molecule has 0 radical (unpaired) electrons. The summed E-state index contributed by atoms with van der Waals surface area (Å²) in [5.74, 6) is 0.0532. The first-order chi connectivity index (χ1) is 18.5. The van der Waals surface area contributed by atoms with Crippen molar-refractivity contribution in [3.63, 3.8) is 0 Å². The fourth-order valence-electron chi connectivity index (χ4n) is 4.53. The summed E-state index contributed by atoms with van der Waals surface area (Å²) in [6.45, 7) is 12.4. The molecule has 4 aromatic rings. The summed E-state index contributed by atoms with van der Waals surface area (Å²) < 4.78 is 33.5. The van der Waals surface area contributed by atoms with Gasteiger partial charge in [0.25, 0.3) is 10.0 Å². The third-order valence-electron chi connectivity index (χ3n) is 6.77. The van der Waals surface area contributed by atoms with Crippen molar-refractivity contribution in [3.8, 4) is 0 Å². The first-order valence-corrected chi connectivity index (χ1v) is 14.7. The van der Waals surface area contributed by atoms with Crippen molar-refractivity contribution in [2.45, 2.75) is 71.6 Å². The minimum absolute atomic E-state index is 0.0532. The van der Waals surface area contributed by atoms with Gasteiger partial charge in [-0.2, -0.15) is 0 Å². The number of carbonyl (C=O) groups is 1. The van der Waals surface area contributed by atoms with Crippen LogP contribution in [0, 0.1) is 20.8 Å². The summed E-state index contributed by atoms with van der Waals surface area (Å²) in [6, 6.07) is 10.6. The van der Waals surface area contributed by atoms with Crippen LogP contribution in [0.3, 0.4) is 0 Å². The van der Waals surface area contributed by atoms with E-state index < -0.39 is 16.1 Å². The van der Waals surface area contributed by atoms with Gasteiger partial charge in [0, 0.05) is 23.9 Å². The molecule has 206 valence electrons. The molecule has 2 heterocycles. The van der Waals surface area contributed by atoms with Gasteiger partial charge in [-0.05, 0) is 74.1 Å². The quantitative estimate of drug-likeness (QED) is 0.235. The van der Waals surface area contributed by atoms with Crippen LogP contribution >= 0.6 is 0 Å². The molecule has 0 atom stereocenters. The average molecular weight is 549 g/mol. The number of nitrogens with one attached hydrogen (secondary N) is 1. The Hall–Kier alpha value is -3.72. The number of hydrogen-bond acceptors (Lipinski definition) is 6. The van der Waals surface area contributed by atoms with E-state index in [1.54, 1.807) is 36.7 Å². The van der Waals surface area contributed by atoms with E-state index in [1.807, 2.05) is 53.7 Å². The first kappa shape index (κ1) is 28.3. The highest BCUT2D eigenvalue weighted by Gasteiger charge is 2.24. The highest BCUT2D eigenvalue weighted by atomic mass is 32.2. The number of rotatable bonds is 9. The second-order valence-corrected chi connectivity index (χ2v) is 12.1. The molecular weight excluding hydrogens is 512 g/mol. The average Bonchev–Trinajstić information content (AvgIpc) is 3.27. The van der Waals surface area contributed by atoms with Gasteiger partial charge in [0.05, 0.1) is 23.4 Å². The van der Waals surface area contributed by atoms with Gasteiger partial charge in [-0.3, -0.25) is 5.32 Å². The summed E-state index contributed by atoms with van der Waals surface area (Å²) in [7, 11) is -3.83. The van der Waals surface area contributed by atoms with E-state index in [1.165, 1.54) is 3.97 Å². The van der Waals surface area contributed by atoms with Crippen LogP contribution in [0.1, 0.15) is 73.0 Å². The molecule has 0 aliphatic rings.